The molecule has 7 heteroatoms. The van der Waals surface area contributed by atoms with Gasteiger partial charge in [-0.1, -0.05) is 60.6 Å². The number of nitrogens with zero attached hydrogens (tertiary/aromatic N) is 4. The van der Waals surface area contributed by atoms with Crippen LogP contribution >= 0.6 is 11.8 Å². The third kappa shape index (κ3) is 7.06. The monoisotopic (exact) mass is 504 g/mol. The molecule has 2 unspecified atom stereocenters. The number of aromatic nitrogens is 3. The minimum Gasteiger partial charge on any atom is -0.486 e. The Kier molecular flexibility index (Phi) is 9.73. The Morgan fingerprint density at radius 1 is 1.11 bits per heavy atom. The van der Waals surface area contributed by atoms with Crippen LogP contribution in [0.15, 0.2) is 64.7 Å². The first-order valence-corrected chi connectivity index (χ1v) is 13.9. The molecule has 4 rings (SSSR count). The Morgan fingerprint density at radius 3 is 2.67 bits per heavy atom. The van der Waals surface area contributed by atoms with Crippen LogP contribution in [0.1, 0.15) is 75.4 Å². The maximum atomic E-state index is 12.5. The molecule has 0 spiro atoms. The van der Waals surface area contributed by atoms with Crippen molar-refractivity contribution in [1.29, 1.82) is 0 Å². The highest BCUT2D eigenvalue weighted by Gasteiger charge is 2.28. The number of thioether (sulfide) groups is 1. The number of Topliss-reactive ketones (excluding diaryl/α,β-unsaturated/α-hetero) is 1. The van der Waals surface area contributed by atoms with Crippen molar-refractivity contribution in [3.8, 4) is 5.75 Å². The second kappa shape index (κ2) is 13.4. The number of benzene rings is 2. The first-order valence-electron chi connectivity index (χ1n) is 13.0. The Bertz CT molecular complexity index is 1130. The van der Waals surface area contributed by atoms with Crippen molar-refractivity contribution < 1.29 is 9.53 Å². The van der Waals surface area contributed by atoms with Gasteiger partial charge in [0.15, 0.2) is 11.0 Å². The summed E-state index contributed by atoms with van der Waals surface area (Å²) in [6.07, 6.45) is 8.79. The first kappa shape index (κ1) is 26.1. The fourth-order valence-corrected chi connectivity index (χ4v) is 5.77. The normalized spacial score (nSPS) is 16.9. The lowest BCUT2D eigenvalue weighted by Gasteiger charge is -2.22. The molecule has 6 nitrogen and oxygen atoms in total. The third-order valence-electron chi connectivity index (χ3n) is 6.63. The van der Waals surface area contributed by atoms with Gasteiger partial charge >= 0.3 is 0 Å². The third-order valence-corrected chi connectivity index (χ3v) is 7.90. The zero-order valence-electron chi connectivity index (χ0n) is 21.3. The SMILES string of the molecule is CC=NCCCCc1ccc(OCc2nnc(SC3CCCCC3=O)n2C(C)c2ccccc2)cc1. The summed E-state index contributed by atoms with van der Waals surface area (Å²) in [4.78, 5) is 16.8. The van der Waals surface area contributed by atoms with Crippen molar-refractivity contribution in [2.75, 3.05) is 6.54 Å². The maximum absolute atomic E-state index is 12.5. The zero-order valence-corrected chi connectivity index (χ0v) is 22.1. The van der Waals surface area contributed by atoms with Gasteiger partial charge in [-0.2, -0.15) is 0 Å². The number of hydrogen-bond acceptors (Lipinski definition) is 6. The number of aryl methyl sites for hydroxylation is 1. The molecule has 190 valence electrons. The smallest absolute Gasteiger partial charge is 0.192 e. The van der Waals surface area contributed by atoms with Gasteiger partial charge in [0, 0.05) is 13.0 Å². The Hall–Kier alpha value is -2.93. The minimum atomic E-state index is -0.0419. The Morgan fingerprint density at radius 2 is 1.92 bits per heavy atom. The van der Waals surface area contributed by atoms with Gasteiger partial charge in [0.25, 0.3) is 0 Å². The molecule has 2 aromatic carbocycles. The van der Waals surface area contributed by atoms with Crippen molar-refractivity contribution in [1.82, 2.24) is 14.8 Å². The Balaban J connectivity index is 1.45. The largest absolute Gasteiger partial charge is 0.486 e. The molecule has 2 atom stereocenters. The first-order chi connectivity index (χ1) is 17.7. The summed E-state index contributed by atoms with van der Waals surface area (Å²) < 4.78 is 8.27. The molecule has 0 N–H and O–H groups in total. The van der Waals surface area contributed by atoms with E-state index in [9.17, 15) is 4.79 Å². The summed E-state index contributed by atoms with van der Waals surface area (Å²) >= 11 is 1.55. The van der Waals surface area contributed by atoms with Gasteiger partial charge in [-0.05, 0) is 75.4 Å². The molecule has 3 aromatic rings. The van der Waals surface area contributed by atoms with Crippen molar-refractivity contribution in [3.05, 3.63) is 71.5 Å². The van der Waals surface area contributed by atoms with Crippen LogP contribution in [0.4, 0.5) is 0 Å². The van der Waals surface area contributed by atoms with E-state index in [0.29, 0.717) is 18.8 Å². The predicted octanol–water partition coefficient (Wildman–Crippen LogP) is 6.48. The van der Waals surface area contributed by atoms with Crippen LogP contribution in [0, 0.1) is 0 Å². The molecule has 1 fully saturated rings. The van der Waals surface area contributed by atoms with E-state index in [1.165, 1.54) is 11.1 Å². The average Bonchev–Trinajstić information content (AvgIpc) is 3.31. The highest BCUT2D eigenvalue weighted by molar-refractivity contribution is 8.00. The van der Waals surface area contributed by atoms with Crippen molar-refractivity contribution in [2.45, 2.75) is 81.8 Å². The van der Waals surface area contributed by atoms with E-state index in [-0.39, 0.29) is 11.3 Å². The summed E-state index contributed by atoms with van der Waals surface area (Å²) in [6, 6.07) is 18.7. The van der Waals surface area contributed by atoms with Crippen LogP contribution in [0.25, 0.3) is 0 Å². The second-order valence-electron chi connectivity index (χ2n) is 9.23. The number of ether oxygens (including phenoxy) is 1. The molecule has 0 amide bonds. The molecule has 0 aliphatic heterocycles. The van der Waals surface area contributed by atoms with E-state index in [1.807, 2.05) is 43.5 Å². The van der Waals surface area contributed by atoms with Gasteiger partial charge in [0.2, 0.25) is 0 Å². The Labute approximate surface area is 218 Å². The van der Waals surface area contributed by atoms with Gasteiger partial charge in [-0.3, -0.25) is 14.4 Å². The number of aliphatic imine (C=N–C) groups is 1. The van der Waals surface area contributed by atoms with E-state index in [1.54, 1.807) is 11.8 Å². The number of carbonyl (C=O) groups is 1. The van der Waals surface area contributed by atoms with Gasteiger partial charge in [0.05, 0.1) is 11.3 Å². The molecular weight excluding hydrogens is 468 g/mol. The number of ketones is 1. The van der Waals surface area contributed by atoms with Gasteiger partial charge in [-0.25, -0.2) is 0 Å². The number of rotatable bonds is 12. The van der Waals surface area contributed by atoms with Crippen molar-refractivity contribution >= 4 is 23.8 Å². The summed E-state index contributed by atoms with van der Waals surface area (Å²) in [6.45, 7) is 5.32. The van der Waals surface area contributed by atoms with E-state index in [4.69, 9.17) is 4.74 Å². The quantitative estimate of drug-likeness (QED) is 0.208. The molecular formula is C29H36N4O2S. The molecule has 1 aliphatic rings. The van der Waals surface area contributed by atoms with Crippen LogP contribution < -0.4 is 4.74 Å². The van der Waals surface area contributed by atoms with E-state index < -0.39 is 0 Å². The van der Waals surface area contributed by atoms with Gasteiger partial charge < -0.3 is 4.74 Å². The summed E-state index contributed by atoms with van der Waals surface area (Å²) in [5.41, 5.74) is 2.48. The molecule has 0 bridgehead atoms. The molecule has 1 aromatic heterocycles. The lowest BCUT2D eigenvalue weighted by atomic mass is 9.99. The highest BCUT2D eigenvalue weighted by atomic mass is 32.2. The molecule has 1 aliphatic carbocycles. The molecule has 1 heterocycles. The minimum absolute atomic E-state index is 0.0282. The van der Waals surface area contributed by atoms with Crippen LogP contribution in [0.5, 0.6) is 5.75 Å². The zero-order chi connectivity index (χ0) is 25.2. The molecule has 36 heavy (non-hydrogen) atoms. The lowest BCUT2D eigenvalue weighted by molar-refractivity contribution is -0.119. The summed E-state index contributed by atoms with van der Waals surface area (Å²) in [5, 5.41) is 9.74. The lowest BCUT2D eigenvalue weighted by Crippen LogP contribution is -2.22. The maximum Gasteiger partial charge on any atom is 0.192 e. The van der Waals surface area contributed by atoms with E-state index in [2.05, 4.69) is 50.9 Å². The van der Waals surface area contributed by atoms with E-state index in [0.717, 1.165) is 61.8 Å². The number of carbonyl (C=O) groups excluding carboxylic acids is 1. The van der Waals surface area contributed by atoms with Crippen LogP contribution in [-0.2, 0) is 17.8 Å². The topological polar surface area (TPSA) is 69.4 Å². The van der Waals surface area contributed by atoms with Crippen LogP contribution in [0.2, 0.25) is 0 Å². The molecule has 0 saturated heterocycles. The second-order valence-corrected chi connectivity index (χ2v) is 10.4. The highest BCUT2D eigenvalue weighted by Crippen LogP contribution is 2.34. The predicted molar refractivity (Wildman–Crippen MR) is 146 cm³/mol. The summed E-state index contributed by atoms with van der Waals surface area (Å²) in [7, 11) is 0. The molecule has 0 radical (unpaired) electrons. The van der Waals surface area contributed by atoms with Crippen LogP contribution in [-0.4, -0.2) is 38.6 Å². The number of hydrogen-bond donors (Lipinski definition) is 0. The van der Waals surface area contributed by atoms with Crippen LogP contribution in [0.3, 0.4) is 0 Å². The fraction of sp³-hybridized carbons (Fsp3) is 0.448. The number of unbranched alkanes of at least 4 members (excludes halogenated alkanes) is 1. The standard InChI is InChI=1S/C29H36N4O2S/c1-3-30-20-10-9-11-23-16-18-25(19-17-23)35-21-28-31-32-29(36-27-15-8-7-14-26(27)34)33(28)22(2)24-12-5-4-6-13-24/h3-6,12-13,16-19,22,27H,7-11,14-15,20-21H2,1-2H3. The summed E-state index contributed by atoms with van der Waals surface area (Å²) in [5.74, 6) is 1.90. The average molecular weight is 505 g/mol. The van der Waals surface area contributed by atoms with Gasteiger partial charge in [0.1, 0.15) is 18.1 Å². The fourth-order valence-electron chi connectivity index (χ4n) is 4.52. The van der Waals surface area contributed by atoms with Crippen molar-refractivity contribution in [3.63, 3.8) is 0 Å². The van der Waals surface area contributed by atoms with Crippen molar-refractivity contribution in [2.24, 2.45) is 4.99 Å². The van der Waals surface area contributed by atoms with Gasteiger partial charge in [-0.15, -0.1) is 10.2 Å². The van der Waals surface area contributed by atoms with E-state index >= 15 is 0 Å². The molecule has 1 saturated carbocycles.